The molecule has 0 saturated carbocycles. The number of rotatable bonds is 1. The summed E-state index contributed by atoms with van der Waals surface area (Å²) in [6.07, 6.45) is 0.582. The molecule has 1 aromatic carbocycles. The second-order valence-electron chi connectivity index (χ2n) is 3.58. The minimum Gasteiger partial charge on any atom is -0.281 e. The summed E-state index contributed by atoms with van der Waals surface area (Å²) in [7, 11) is 0. The van der Waals surface area contributed by atoms with Crippen molar-refractivity contribution in [2.45, 2.75) is 18.6 Å². The molecule has 1 atom stereocenters. The molecule has 0 bridgehead atoms. The molecule has 0 fully saturated rings. The molecule has 1 heterocycles. The Bertz CT molecular complexity index is 409. The number of nitrogens with zero attached hydrogens (tertiary/aromatic N) is 2. The van der Waals surface area contributed by atoms with Gasteiger partial charge in [-0.25, -0.2) is 5.73 Å². The number of hydroxylamine groups is 1. The van der Waals surface area contributed by atoms with Gasteiger partial charge in [0, 0.05) is 0 Å². The van der Waals surface area contributed by atoms with Crippen molar-refractivity contribution in [1.29, 1.82) is 0 Å². The molecule has 0 aliphatic carbocycles. The quantitative estimate of drug-likeness (QED) is 0.404. The van der Waals surface area contributed by atoms with Crippen LogP contribution in [-0.2, 0) is 6.42 Å². The van der Waals surface area contributed by atoms with E-state index in [9.17, 15) is 15.3 Å². The van der Waals surface area contributed by atoms with Gasteiger partial charge < -0.3 is 0 Å². The molecule has 1 aromatic rings. The van der Waals surface area contributed by atoms with E-state index in [0.717, 1.165) is 5.56 Å². The monoisotopic (exact) mass is 209 g/mol. The predicted molar refractivity (Wildman–Crippen MR) is 52.9 cm³/mol. The van der Waals surface area contributed by atoms with Crippen LogP contribution in [0.5, 0.6) is 0 Å². The maximum absolute atomic E-state index is 10.8. The Labute approximate surface area is 86.0 Å². The molecule has 0 aromatic heterocycles. The summed E-state index contributed by atoms with van der Waals surface area (Å²) in [6, 6.07) is 6.95. The Hall–Kier alpha value is -1.66. The van der Waals surface area contributed by atoms with Gasteiger partial charge in [0.2, 0.25) is 0 Å². The van der Waals surface area contributed by atoms with Crippen LogP contribution in [-0.4, -0.2) is 15.9 Å². The molecule has 3 N–H and O–H groups in total. The third kappa shape index (κ3) is 1.34. The zero-order valence-electron chi connectivity index (χ0n) is 7.96. The van der Waals surface area contributed by atoms with Crippen LogP contribution in [0, 0.1) is 10.1 Å². The number of nitro groups is 1. The summed E-state index contributed by atoms with van der Waals surface area (Å²) < 4.78 is 0. The van der Waals surface area contributed by atoms with Gasteiger partial charge in [-0.1, -0.05) is 18.2 Å². The molecule has 6 heteroatoms. The number of aryl methyl sites for hydroxylation is 1. The smallest absolute Gasteiger partial charge is 0.281 e. The van der Waals surface area contributed by atoms with E-state index in [1.54, 1.807) is 12.1 Å². The summed E-state index contributed by atoms with van der Waals surface area (Å²) in [5, 5.41) is 21.0. The van der Waals surface area contributed by atoms with Crippen molar-refractivity contribution >= 4 is 5.69 Å². The Kier molecular flexibility index (Phi) is 2.09. The normalized spacial score (nSPS) is 24.8. The number of hydrogen-bond acceptors (Lipinski definition) is 5. The van der Waals surface area contributed by atoms with E-state index in [2.05, 4.69) is 0 Å². The third-order valence-corrected chi connectivity index (χ3v) is 2.67. The number of fused-ring (bicyclic) bond motifs is 1. The molecule has 80 valence electrons. The Morgan fingerprint density at radius 3 is 2.87 bits per heavy atom. The molecular formula is C9H11N3O3. The predicted octanol–water partition coefficient (Wildman–Crippen LogP) is 0.718. The van der Waals surface area contributed by atoms with Gasteiger partial charge in [0.05, 0.1) is 17.0 Å². The first-order chi connectivity index (χ1) is 7.05. The Balaban J connectivity index is 2.46. The average Bonchev–Trinajstić information content (AvgIpc) is 2.24. The van der Waals surface area contributed by atoms with Crippen LogP contribution in [0.4, 0.5) is 5.69 Å². The van der Waals surface area contributed by atoms with Crippen LogP contribution < -0.4 is 10.8 Å². The van der Waals surface area contributed by atoms with Crippen LogP contribution in [0.3, 0.4) is 0 Å². The lowest BCUT2D eigenvalue weighted by atomic mass is 9.98. The average molecular weight is 209 g/mol. The summed E-state index contributed by atoms with van der Waals surface area (Å²) in [4.78, 5) is 10.1. The number of anilines is 1. The van der Waals surface area contributed by atoms with Crippen LogP contribution >= 0.6 is 0 Å². The lowest BCUT2D eigenvalue weighted by molar-refractivity contribution is -0.578. The highest BCUT2D eigenvalue weighted by Gasteiger charge is 2.48. The Morgan fingerprint density at radius 2 is 2.20 bits per heavy atom. The summed E-state index contributed by atoms with van der Waals surface area (Å²) in [5.74, 6) is -1.91. The number of nitrogens with two attached hydrogens (primary N) is 1. The summed E-state index contributed by atoms with van der Waals surface area (Å²) >= 11 is 0. The zero-order chi connectivity index (χ0) is 11.1. The van der Waals surface area contributed by atoms with E-state index < -0.39 is 10.7 Å². The lowest BCUT2D eigenvalue weighted by Gasteiger charge is -2.34. The molecule has 0 amide bonds. The van der Waals surface area contributed by atoms with Crippen LogP contribution in [0.2, 0.25) is 0 Å². The van der Waals surface area contributed by atoms with Crippen LogP contribution in [0.25, 0.3) is 0 Å². The molecule has 1 unspecified atom stereocenters. The first kappa shape index (κ1) is 9.88. The van der Waals surface area contributed by atoms with Gasteiger partial charge in [-0.15, -0.1) is 0 Å². The van der Waals surface area contributed by atoms with Crippen LogP contribution in [0.15, 0.2) is 24.3 Å². The molecule has 6 nitrogen and oxygen atoms in total. The van der Waals surface area contributed by atoms with Crippen LogP contribution in [0.1, 0.15) is 12.0 Å². The summed E-state index contributed by atoms with van der Waals surface area (Å²) in [6.45, 7) is 0. The SMILES string of the molecule is NC1([N+](=O)[O-])CCc2ccccc2N1O. The van der Waals surface area contributed by atoms with Crippen molar-refractivity contribution in [1.82, 2.24) is 0 Å². The molecule has 2 rings (SSSR count). The fourth-order valence-electron chi connectivity index (χ4n) is 1.73. The summed E-state index contributed by atoms with van der Waals surface area (Å²) in [5.41, 5.74) is 6.81. The molecule has 0 radical (unpaired) electrons. The van der Waals surface area contributed by atoms with Crippen molar-refractivity contribution in [3.63, 3.8) is 0 Å². The fraction of sp³-hybridized carbons (Fsp3) is 0.333. The molecular weight excluding hydrogens is 198 g/mol. The highest BCUT2D eigenvalue weighted by molar-refractivity contribution is 5.54. The highest BCUT2D eigenvalue weighted by Crippen LogP contribution is 2.32. The van der Waals surface area contributed by atoms with E-state index in [1.807, 2.05) is 12.1 Å². The standard InChI is InChI=1S/C9H11N3O3/c10-9(12(14)15)6-5-7-3-1-2-4-8(7)11(9)13/h1-4,13H,5-6,10H2. The van der Waals surface area contributed by atoms with E-state index in [-0.39, 0.29) is 6.42 Å². The Morgan fingerprint density at radius 1 is 1.53 bits per heavy atom. The van der Waals surface area contributed by atoms with Crippen molar-refractivity contribution in [2.75, 3.05) is 5.06 Å². The van der Waals surface area contributed by atoms with E-state index in [0.29, 0.717) is 17.2 Å². The number of para-hydroxylation sites is 1. The molecule has 1 aliphatic heterocycles. The third-order valence-electron chi connectivity index (χ3n) is 2.67. The number of benzene rings is 1. The lowest BCUT2D eigenvalue weighted by Crippen LogP contribution is -2.62. The zero-order valence-corrected chi connectivity index (χ0v) is 7.96. The first-order valence-electron chi connectivity index (χ1n) is 4.56. The van der Waals surface area contributed by atoms with Gasteiger partial charge in [0.25, 0.3) is 0 Å². The van der Waals surface area contributed by atoms with Gasteiger partial charge in [-0.3, -0.25) is 15.3 Å². The van der Waals surface area contributed by atoms with E-state index in [1.165, 1.54) is 0 Å². The van der Waals surface area contributed by atoms with Gasteiger partial charge in [0.1, 0.15) is 0 Å². The maximum atomic E-state index is 10.8. The van der Waals surface area contributed by atoms with Crippen molar-refractivity contribution < 1.29 is 10.1 Å². The molecule has 0 spiro atoms. The topological polar surface area (TPSA) is 92.6 Å². The first-order valence-corrected chi connectivity index (χ1v) is 4.56. The van der Waals surface area contributed by atoms with Crippen molar-refractivity contribution in [2.24, 2.45) is 5.73 Å². The highest BCUT2D eigenvalue weighted by atomic mass is 16.7. The van der Waals surface area contributed by atoms with Crippen molar-refractivity contribution in [3.05, 3.63) is 39.9 Å². The largest absolute Gasteiger partial charge is 0.374 e. The van der Waals surface area contributed by atoms with Gasteiger partial charge in [-0.05, 0) is 18.1 Å². The van der Waals surface area contributed by atoms with E-state index >= 15 is 0 Å². The molecule has 1 aliphatic rings. The number of hydrogen-bond donors (Lipinski definition) is 2. The van der Waals surface area contributed by atoms with E-state index in [4.69, 9.17) is 5.73 Å². The van der Waals surface area contributed by atoms with Gasteiger partial charge in [-0.2, -0.15) is 5.06 Å². The second-order valence-corrected chi connectivity index (χ2v) is 3.58. The maximum Gasteiger partial charge on any atom is 0.374 e. The van der Waals surface area contributed by atoms with Crippen molar-refractivity contribution in [3.8, 4) is 0 Å². The van der Waals surface area contributed by atoms with Gasteiger partial charge in [0.15, 0.2) is 0 Å². The van der Waals surface area contributed by atoms with Gasteiger partial charge >= 0.3 is 5.79 Å². The second kappa shape index (κ2) is 3.18. The minimum absolute atomic E-state index is 0.0908. The molecule has 15 heavy (non-hydrogen) atoms. The molecule has 0 saturated heterocycles. The fourth-order valence-corrected chi connectivity index (χ4v) is 1.73. The minimum atomic E-state index is -1.91.